The molecule has 0 aliphatic carbocycles. The zero-order chi connectivity index (χ0) is 26.1. The van der Waals surface area contributed by atoms with Gasteiger partial charge in [-0.2, -0.15) is 0 Å². The molecule has 3 aromatic heterocycles. The molecule has 0 saturated carbocycles. The first kappa shape index (κ1) is 23.7. The minimum Gasteiger partial charge on any atom is -0.354 e. The molecule has 38 heavy (non-hydrogen) atoms. The molecule has 0 spiro atoms. The van der Waals surface area contributed by atoms with E-state index in [1.807, 2.05) is 41.8 Å². The van der Waals surface area contributed by atoms with Crippen molar-refractivity contribution in [3.63, 3.8) is 0 Å². The SMILES string of the molecule is Cc1ccc(-c2nc3ccc(N4CCNCC4)nc3n2-c2ccnc(NC(=O)c3ccc(F)cc3)c2)cc1. The van der Waals surface area contributed by atoms with Crippen molar-refractivity contribution in [2.45, 2.75) is 6.92 Å². The lowest BCUT2D eigenvalue weighted by Gasteiger charge is -2.28. The maximum absolute atomic E-state index is 13.3. The number of rotatable bonds is 5. The normalized spacial score (nSPS) is 13.6. The molecule has 6 rings (SSSR count). The molecular formula is C29H26FN7O. The first-order chi connectivity index (χ1) is 18.5. The van der Waals surface area contributed by atoms with E-state index in [2.05, 4.69) is 32.7 Å². The topological polar surface area (TPSA) is 88.0 Å². The lowest BCUT2D eigenvalue weighted by molar-refractivity contribution is 0.102. The highest BCUT2D eigenvalue weighted by Crippen LogP contribution is 2.30. The van der Waals surface area contributed by atoms with Crippen LogP contribution in [0.5, 0.6) is 0 Å². The Bertz CT molecular complexity index is 1610. The van der Waals surface area contributed by atoms with Gasteiger partial charge in [0.2, 0.25) is 0 Å². The van der Waals surface area contributed by atoms with Gasteiger partial charge < -0.3 is 15.5 Å². The number of aromatic nitrogens is 4. The third kappa shape index (κ3) is 4.71. The van der Waals surface area contributed by atoms with Crippen LogP contribution in [0.3, 0.4) is 0 Å². The van der Waals surface area contributed by atoms with Gasteiger partial charge in [-0.25, -0.2) is 19.3 Å². The van der Waals surface area contributed by atoms with Crippen LogP contribution in [0, 0.1) is 12.7 Å². The Morgan fingerprint density at radius 2 is 1.71 bits per heavy atom. The number of aryl methyl sites for hydroxylation is 1. The standard InChI is InChI=1S/C29H26FN7O/c1-19-2-4-20(5-3-19)27-33-24-10-11-26(36-16-14-31-15-17-36)35-28(24)37(27)23-12-13-32-25(18-23)34-29(38)21-6-8-22(30)9-7-21/h2-13,18,31H,14-17H2,1H3,(H,32,34,38). The van der Waals surface area contributed by atoms with Gasteiger partial charge in [-0.1, -0.05) is 29.8 Å². The molecule has 0 radical (unpaired) electrons. The second kappa shape index (κ2) is 10.0. The van der Waals surface area contributed by atoms with Gasteiger partial charge in [0.25, 0.3) is 5.91 Å². The van der Waals surface area contributed by atoms with Crippen LogP contribution in [0.4, 0.5) is 16.0 Å². The van der Waals surface area contributed by atoms with Crippen molar-refractivity contribution in [2.24, 2.45) is 0 Å². The number of fused-ring (bicyclic) bond motifs is 1. The number of amides is 1. The summed E-state index contributed by atoms with van der Waals surface area (Å²) in [4.78, 5) is 29.4. The fourth-order valence-corrected chi connectivity index (χ4v) is 4.57. The summed E-state index contributed by atoms with van der Waals surface area (Å²) >= 11 is 0. The maximum Gasteiger partial charge on any atom is 0.256 e. The number of benzene rings is 2. The number of piperazine rings is 1. The van der Waals surface area contributed by atoms with Crippen LogP contribution in [-0.2, 0) is 0 Å². The van der Waals surface area contributed by atoms with Crippen LogP contribution in [-0.4, -0.2) is 51.6 Å². The van der Waals surface area contributed by atoms with Gasteiger partial charge in [-0.15, -0.1) is 0 Å². The fourth-order valence-electron chi connectivity index (χ4n) is 4.57. The minimum atomic E-state index is -0.398. The molecule has 190 valence electrons. The molecule has 1 saturated heterocycles. The molecule has 0 atom stereocenters. The van der Waals surface area contributed by atoms with Crippen LogP contribution < -0.4 is 15.5 Å². The van der Waals surface area contributed by atoms with Crippen LogP contribution in [0.2, 0.25) is 0 Å². The number of nitrogens with zero attached hydrogens (tertiary/aromatic N) is 5. The summed E-state index contributed by atoms with van der Waals surface area (Å²) in [6, 6.07) is 21.3. The molecular weight excluding hydrogens is 481 g/mol. The lowest BCUT2D eigenvalue weighted by atomic mass is 10.1. The summed E-state index contributed by atoms with van der Waals surface area (Å²) in [5.74, 6) is 1.24. The Kier molecular flexibility index (Phi) is 6.27. The zero-order valence-corrected chi connectivity index (χ0v) is 20.9. The summed E-state index contributed by atoms with van der Waals surface area (Å²) in [7, 11) is 0. The van der Waals surface area contributed by atoms with Crippen molar-refractivity contribution in [3.8, 4) is 17.1 Å². The number of carbonyl (C=O) groups excluding carboxylic acids is 1. The first-order valence-electron chi connectivity index (χ1n) is 12.5. The number of hydrogen-bond acceptors (Lipinski definition) is 6. The number of hydrogen-bond donors (Lipinski definition) is 2. The smallest absolute Gasteiger partial charge is 0.256 e. The Balaban J connectivity index is 1.44. The summed E-state index contributed by atoms with van der Waals surface area (Å²) in [6.07, 6.45) is 1.64. The van der Waals surface area contributed by atoms with Crippen LogP contribution >= 0.6 is 0 Å². The third-order valence-electron chi connectivity index (χ3n) is 6.59. The molecule has 1 amide bonds. The van der Waals surface area contributed by atoms with Gasteiger partial charge in [0, 0.05) is 49.6 Å². The second-order valence-corrected chi connectivity index (χ2v) is 9.25. The van der Waals surface area contributed by atoms with Gasteiger partial charge in [0.05, 0.1) is 5.69 Å². The highest BCUT2D eigenvalue weighted by Gasteiger charge is 2.19. The molecule has 4 heterocycles. The van der Waals surface area contributed by atoms with E-state index in [9.17, 15) is 9.18 Å². The number of pyridine rings is 2. The Morgan fingerprint density at radius 1 is 0.947 bits per heavy atom. The number of anilines is 2. The van der Waals surface area contributed by atoms with Gasteiger partial charge in [-0.3, -0.25) is 9.36 Å². The minimum absolute atomic E-state index is 0.342. The van der Waals surface area contributed by atoms with Crippen molar-refractivity contribution >= 4 is 28.7 Å². The van der Waals surface area contributed by atoms with E-state index in [0.29, 0.717) is 11.4 Å². The summed E-state index contributed by atoms with van der Waals surface area (Å²) in [6.45, 7) is 5.63. The molecule has 0 bridgehead atoms. The van der Waals surface area contributed by atoms with Gasteiger partial charge >= 0.3 is 0 Å². The van der Waals surface area contributed by atoms with Crippen molar-refractivity contribution in [3.05, 3.63) is 95.9 Å². The van der Waals surface area contributed by atoms with E-state index in [1.54, 1.807) is 12.3 Å². The van der Waals surface area contributed by atoms with Crippen molar-refractivity contribution < 1.29 is 9.18 Å². The number of carbonyl (C=O) groups is 1. The predicted octanol–water partition coefficient (Wildman–Crippen LogP) is 4.59. The van der Waals surface area contributed by atoms with E-state index in [-0.39, 0.29) is 5.91 Å². The van der Waals surface area contributed by atoms with E-state index >= 15 is 0 Å². The first-order valence-corrected chi connectivity index (χ1v) is 12.5. The highest BCUT2D eigenvalue weighted by atomic mass is 19.1. The van der Waals surface area contributed by atoms with E-state index in [4.69, 9.17) is 9.97 Å². The average molecular weight is 508 g/mol. The molecule has 8 nitrogen and oxygen atoms in total. The van der Waals surface area contributed by atoms with Crippen LogP contribution in [0.1, 0.15) is 15.9 Å². The van der Waals surface area contributed by atoms with Crippen LogP contribution in [0.25, 0.3) is 28.2 Å². The van der Waals surface area contributed by atoms with E-state index < -0.39 is 5.82 Å². The highest BCUT2D eigenvalue weighted by molar-refractivity contribution is 6.03. The molecule has 1 fully saturated rings. The number of imidazole rings is 1. The second-order valence-electron chi connectivity index (χ2n) is 9.25. The molecule has 5 aromatic rings. The zero-order valence-electron chi connectivity index (χ0n) is 20.9. The summed E-state index contributed by atoms with van der Waals surface area (Å²) < 4.78 is 15.3. The Morgan fingerprint density at radius 3 is 2.47 bits per heavy atom. The molecule has 1 aliphatic rings. The fraction of sp³-hybridized carbons (Fsp3) is 0.172. The van der Waals surface area contributed by atoms with E-state index in [0.717, 1.165) is 65.8 Å². The summed E-state index contributed by atoms with van der Waals surface area (Å²) in [5, 5.41) is 6.19. The number of halogens is 1. The average Bonchev–Trinajstić information content (AvgIpc) is 3.33. The Hall–Kier alpha value is -4.63. The summed E-state index contributed by atoms with van der Waals surface area (Å²) in [5.41, 5.74) is 4.70. The van der Waals surface area contributed by atoms with Crippen molar-refractivity contribution in [1.82, 2.24) is 24.8 Å². The van der Waals surface area contributed by atoms with Gasteiger partial charge in [-0.05, 0) is 49.4 Å². The maximum atomic E-state index is 13.3. The predicted molar refractivity (Wildman–Crippen MR) is 146 cm³/mol. The van der Waals surface area contributed by atoms with Crippen LogP contribution in [0.15, 0.2) is 79.0 Å². The third-order valence-corrected chi connectivity index (χ3v) is 6.59. The van der Waals surface area contributed by atoms with Gasteiger partial charge in [0.1, 0.15) is 28.8 Å². The van der Waals surface area contributed by atoms with Gasteiger partial charge in [0.15, 0.2) is 5.65 Å². The monoisotopic (exact) mass is 507 g/mol. The lowest BCUT2D eigenvalue weighted by Crippen LogP contribution is -2.43. The molecule has 1 aliphatic heterocycles. The quantitative estimate of drug-likeness (QED) is 0.362. The molecule has 9 heteroatoms. The Labute approximate surface area is 219 Å². The number of nitrogens with one attached hydrogen (secondary N) is 2. The van der Waals surface area contributed by atoms with Crippen molar-refractivity contribution in [2.75, 3.05) is 36.4 Å². The van der Waals surface area contributed by atoms with E-state index in [1.165, 1.54) is 24.3 Å². The molecule has 2 N–H and O–H groups in total. The largest absolute Gasteiger partial charge is 0.354 e. The van der Waals surface area contributed by atoms with Crippen molar-refractivity contribution in [1.29, 1.82) is 0 Å². The molecule has 0 unspecified atom stereocenters. The molecule has 2 aromatic carbocycles.